The quantitative estimate of drug-likeness (QED) is 0.726. The third-order valence-electron chi connectivity index (χ3n) is 3.48. The minimum Gasteiger partial charge on any atom is -0.452 e. The van der Waals surface area contributed by atoms with Crippen LogP contribution in [0.25, 0.3) is 0 Å². The SMILES string of the molecule is CC(=O)[C@H](Cc1ccccc1)NC(=O)COC(=O)c1ccc[nH]c1=O. The Morgan fingerprint density at radius 1 is 1.12 bits per heavy atom. The Morgan fingerprint density at radius 2 is 1.84 bits per heavy atom. The number of hydrogen-bond donors (Lipinski definition) is 2. The molecule has 0 spiro atoms. The van der Waals surface area contributed by atoms with E-state index in [0.717, 1.165) is 5.56 Å². The molecule has 0 bridgehead atoms. The number of carbonyl (C=O) groups excluding carboxylic acids is 3. The molecule has 25 heavy (non-hydrogen) atoms. The van der Waals surface area contributed by atoms with Crippen LogP contribution in [0.1, 0.15) is 22.8 Å². The summed E-state index contributed by atoms with van der Waals surface area (Å²) in [6, 6.07) is 11.3. The number of ketones is 1. The first-order valence-corrected chi connectivity index (χ1v) is 7.66. The zero-order chi connectivity index (χ0) is 18.2. The smallest absolute Gasteiger partial charge is 0.344 e. The molecule has 1 heterocycles. The molecule has 0 aliphatic rings. The molecule has 0 aliphatic heterocycles. The molecule has 1 aromatic heterocycles. The van der Waals surface area contributed by atoms with Gasteiger partial charge in [0.15, 0.2) is 12.4 Å². The highest BCUT2D eigenvalue weighted by Crippen LogP contribution is 2.04. The fourth-order valence-electron chi connectivity index (χ4n) is 2.17. The number of aromatic amines is 1. The number of carbonyl (C=O) groups is 3. The van der Waals surface area contributed by atoms with Gasteiger partial charge in [-0.3, -0.25) is 14.4 Å². The van der Waals surface area contributed by atoms with E-state index in [2.05, 4.69) is 10.3 Å². The Hall–Kier alpha value is -3.22. The van der Waals surface area contributed by atoms with Crippen molar-refractivity contribution < 1.29 is 19.1 Å². The molecule has 0 unspecified atom stereocenters. The van der Waals surface area contributed by atoms with Gasteiger partial charge in [-0.25, -0.2) is 4.79 Å². The fraction of sp³-hybridized carbons (Fsp3) is 0.222. The van der Waals surface area contributed by atoms with E-state index in [1.165, 1.54) is 25.3 Å². The Bertz CT molecular complexity index is 813. The van der Waals surface area contributed by atoms with Gasteiger partial charge in [0.2, 0.25) is 0 Å². The number of H-pyrrole nitrogens is 1. The third-order valence-corrected chi connectivity index (χ3v) is 3.48. The van der Waals surface area contributed by atoms with Crippen LogP contribution in [0.2, 0.25) is 0 Å². The van der Waals surface area contributed by atoms with Crippen LogP contribution in [-0.4, -0.2) is 35.3 Å². The van der Waals surface area contributed by atoms with E-state index in [0.29, 0.717) is 6.42 Å². The fourth-order valence-corrected chi connectivity index (χ4v) is 2.17. The number of pyridine rings is 1. The largest absolute Gasteiger partial charge is 0.452 e. The number of aromatic nitrogens is 1. The Labute approximate surface area is 144 Å². The maximum absolute atomic E-state index is 11.9. The number of amides is 1. The summed E-state index contributed by atoms with van der Waals surface area (Å²) in [4.78, 5) is 49.3. The molecule has 1 amide bonds. The summed E-state index contributed by atoms with van der Waals surface area (Å²) in [5.41, 5.74) is 0.108. The van der Waals surface area contributed by atoms with Crippen LogP contribution in [0.3, 0.4) is 0 Å². The van der Waals surface area contributed by atoms with Gasteiger partial charge in [0, 0.05) is 6.20 Å². The standard InChI is InChI=1S/C18H18N2O5/c1-12(21)15(10-13-6-3-2-4-7-13)20-16(22)11-25-18(24)14-8-5-9-19-17(14)23/h2-9,15H,10-11H2,1H3,(H,19,23)(H,20,22)/t15-/m0/s1. The van der Waals surface area contributed by atoms with Crippen molar-refractivity contribution in [3.05, 3.63) is 70.1 Å². The van der Waals surface area contributed by atoms with Crippen LogP contribution in [0.4, 0.5) is 0 Å². The van der Waals surface area contributed by atoms with Crippen molar-refractivity contribution in [1.82, 2.24) is 10.3 Å². The molecule has 0 fully saturated rings. The lowest BCUT2D eigenvalue weighted by atomic mass is 10.0. The molecular formula is C18H18N2O5. The lowest BCUT2D eigenvalue weighted by Gasteiger charge is -2.16. The number of esters is 1. The lowest BCUT2D eigenvalue weighted by molar-refractivity contribution is -0.128. The number of rotatable bonds is 7. The molecule has 7 nitrogen and oxygen atoms in total. The monoisotopic (exact) mass is 342 g/mol. The number of Topliss-reactive ketones (excluding diaryl/α,β-unsaturated/α-hetero) is 1. The van der Waals surface area contributed by atoms with Crippen LogP contribution in [0.15, 0.2) is 53.5 Å². The van der Waals surface area contributed by atoms with E-state index in [-0.39, 0.29) is 11.3 Å². The number of hydrogen-bond acceptors (Lipinski definition) is 5. The highest BCUT2D eigenvalue weighted by molar-refractivity contribution is 5.92. The molecule has 7 heteroatoms. The van der Waals surface area contributed by atoms with Crippen molar-refractivity contribution in [2.24, 2.45) is 0 Å². The minimum atomic E-state index is -0.903. The van der Waals surface area contributed by atoms with E-state index in [1.807, 2.05) is 30.3 Å². The van der Waals surface area contributed by atoms with E-state index in [9.17, 15) is 19.2 Å². The van der Waals surface area contributed by atoms with E-state index in [1.54, 1.807) is 0 Å². The first-order chi connectivity index (χ1) is 12.0. The van der Waals surface area contributed by atoms with Gasteiger partial charge in [-0.15, -0.1) is 0 Å². The van der Waals surface area contributed by atoms with Crippen molar-refractivity contribution in [2.45, 2.75) is 19.4 Å². The Kier molecular flexibility index (Phi) is 6.22. The second-order valence-electron chi connectivity index (χ2n) is 5.41. The van der Waals surface area contributed by atoms with E-state index >= 15 is 0 Å². The summed E-state index contributed by atoms with van der Waals surface area (Å²) in [6.45, 7) is 0.801. The van der Waals surface area contributed by atoms with Gasteiger partial charge < -0.3 is 15.0 Å². The molecule has 0 saturated carbocycles. The van der Waals surface area contributed by atoms with Crippen molar-refractivity contribution in [2.75, 3.05) is 6.61 Å². The molecule has 0 radical (unpaired) electrons. The topological polar surface area (TPSA) is 105 Å². The summed E-state index contributed by atoms with van der Waals surface area (Å²) in [7, 11) is 0. The van der Waals surface area contributed by atoms with Gasteiger partial charge in [0.25, 0.3) is 11.5 Å². The Morgan fingerprint density at radius 3 is 2.48 bits per heavy atom. The van der Waals surface area contributed by atoms with Crippen molar-refractivity contribution in [3.63, 3.8) is 0 Å². The first kappa shape index (κ1) is 18.1. The van der Waals surface area contributed by atoms with Gasteiger partial charge in [0.05, 0.1) is 6.04 Å². The maximum atomic E-state index is 11.9. The van der Waals surface area contributed by atoms with Gasteiger partial charge in [0.1, 0.15) is 5.56 Å². The van der Waals surface area contributed by atoms with Gasteiger partial charge >= 0.3 is 5.97 Å². The zero-order valence-electron chi connectivity index (χ0n) is 13.7. The highest BCUT2D eigenvalue weighted by Gasteiger charge is 2.19. The van der Waals surface area contributed by atoms with Crippen molar-refractivity contribution in [1.29, 1.82) is 0 Å². The molecule has 2 N–H and O–H groups in total. The molecule has 2 rings (SSSR count). The summed E-state index contributed by atoms with van der Waals surface area (Å²) in [5.74, 6) is -1.72. The molecule has 130 valence electrons. The average Bonchev–Trinajstić information content (AvgIpc) is 2.60. The number of ether oxygens (including phenoxy) is 1. The second kappa shape index (κ2) is 8.58. The van der Waals surface area contributed by atoms with Gasteiger partial charge in [-0.05, 0) is 31.0 Å². The number of benzene rings is 1. The lowest BCUT2D eigenvalue weighted by Crippen LogP contribution is -2.43. The third kappa shape index (κ3) is 5.42. The van der Waals surface area contributed by atoms with Crippen molar-refractivity contribution >= 4 is 17.7 Å². The summed E-state index contributed by atoms with van der Waals surface area (Å²) in [6.07, 6.45) is 1.72. The van der Waals surface area contributed by atoms with E-state index in [4.69, 9.17) is 4.74 Å². The maximum Gasteiger partial charge on any atom is 0.344 e. The van der Waals surface area contributed by atoms with Crippen LogP contribution in [-0.2, 0) is 20.7 Å². The van der Waals surface area contributed by atoms with Crippen LogP contribution in [0, 0.1) is 0 Å². The molecule has 1 atom stereocenters. The summed E-state index contributed by atoms with van der Waals surface area (Å²) < 4.78 is 4.82. The van der Waals surface area contributed by atoms with Gasteiger partial charge in [-0.1, -0.05) is 30.3 Å². The summed E-state index contributed by atoms with van der Waals surface area (Å²) in [5, 5.41) is 2.53. The molecule has 0 aliphatic carbocycles. The average molecular weight is 342 g/mol. The van der Waals surface area contributed by atoms with Crippen molar-refractivity contribution in [3.8, 4) is 0 Å². The van der Waals surface area contributed by atoms with Crippen LogP contribution < -0.4 is 10.9 Å². The van der Waals surface area contributed by atoms with Crippen LogP contribution in [0.5, 0.6) is 0 Å². The molecule has 0 saturated heterocycles. The predicted octanol–water partition coefficient (Wildman–Crippen LogP) is 0.848. The van der Waals surface area contributed by atoms with Gasteiger partial charge in [-0.2, -0.15) is 0 Å². The molecule has 1 aromatic carbocycles. The summed E-state index contributed by atoms with van der Waals surface area (Å²) >= 11 is 0. The predicted molar refractivity (Wildman–Crippen MR) is 90.1 cm³/mol. The highest BCUT2D eigenvalue weighted by atomic mass is 16.5. The second-order valence-corrected chi connectivity index (χ2v) is 5.41. The molecular weight excluding hydrogens is 324 g/mol. The Balaban J connectivity index is 1.91. The normalized spacial score (nSPS) is 11.4. The van der Waals surface area contributed by atoms with Crippen LogP contribution >= 0.6 is 0 Å². The first-order valence-electron chi connectivity index (χ1n) is 7.66. The molecule has 2 aromatic rings. The zero-order valence-corrected chi connectivity index (χ0v) is 13.7. The number of nitrogens with one attached hydrogen (secondary N) is 2. The minimum absolute atomic E-state index is 0.192. The van der Waals surface area contributed by atoms with E-state index < -0.39 is 30.1 Å².